The van der Waals surface area contributed by atoms with Crippen molar-refractivity contribution in [1.29, 1.82) is 5.41 Å². The first kappa shape index (κ1) is 14.6. The Morgan fingerprint density at radius 3 is 3.00 bits per heavy atom. The van der Waals surface area contributed by atoms with Crippen molar-refractivity contribution in [2.45, 2.75) is 6.92 Å². The monoisotopic (exact) mass is 285 g/mol. The zero-order chi connectivity index (χ0) is 15.1. The maximum absolute atomic E-state index is 11.8. The number of fused-ring (bicyclic) bond motifs is 1. The molecule has 6 nitrogen and oxygen atoms in total. The second-order valence-corrected chi connectivity index (χ2v) is 4.51. The number of amides is 2. The van der Waals surface area contributed by atoms with Gasteiger partial charge in [-0.15, -0.1) is 0 Å². The van der Waals surface area contributed by atoms with Crippen molar-refractivity contribution in [1.82, 2.24) is 15.6 Å². The van der Waals surface area contributed by atoms with Crippen molar-refractivity contribution in [3.8, 4) is 0 Å². The highest BCUT2D eigenvalue weighted by Crippen LogP contribution is 2.17. The molecule has 0 radical (unpaired) electrons. The minimum Gasteiger partial charge on any atom is -0.391 e. The summed E-state index contributed by atoms with van der Waals surface area (Å²) in [6.07, 6.45) is 4.80. The SMILES string of the molecule is CCN/C=C(\C=N)CNC(=O)Nc1ccc2[nH]ccc2c1. The molecule has 1 heterocycles. The lowest BCUT2D eigenvalue weighted by molar-refractivity contribution is 0.253. The number of benzene rings is 1. The Morgan fingerprint density at radius 1 is 1.38 bits per heavy atom. The largest absolute Gasteiger partial charge is 0.391 e. The fourth-order valence-corrected chi connectivity index (χ4v) is 1.87. The summed E-state index contributed by atoms with van der Waals surface area (Å²) in [4.78, 5) is 14.9. The fourth-order valence-electron chi connectivity index (χ4n) is 1.87. The highest BCUT2D eigenvalue weighted by Gasteiger charge is 2.03. The molecule has 0 aliphatic carbocycles. The van der Waals surface area contributed by atoms with Gasteiger partial charge in [0.1, 0.15) is 0 Å². The molecule has 2 rings (SSSR count). The van der Waals surface area contributed by atoms with Crippen LogP contribution in [0.2, 0.25) is 0 Å². The summed E-state index contributed by atoms with van der Waals surface area (Å²) in [5.41, 5.74) is 2.46. The number of H-pyrrole nitrogens is 1. The summed E-state index contributed by atoms with van der Waals surface area (Å²) >= 11 is 0. The molecule has 0 bridgehead atoms. The molecule has 0 fully saturated rings. The number of nitrogens with one attached hydrogen (secondary N) is 5. The van der Waals surface area contributed by atoms with E-state index in [-0.39, 0.29) is 6.03 Å². The number of urea groups is 1. The number of aromatic nitrogens is 1. The van der Waals surface area contributed by atoms with Crippen LogP contribution in [-0.2, 0) is 0 Å². The third-order valence-corrected chi connectivity index (χ3v) is 2.94. The van der Waals surface area contributed by atoms with Gasteiger partial charge < -0.3 is 26.3 Å². The van der Waals surface area contributed by atoms with E-state index in [1.165, 1.54) is 6.21 Å². The molecule has 1 aromatic carbocycles. The topological polar surface area (TPSA) is 92.8 Å². The maximum atomic E-state index is 11.8. The van der Waals surface area contributed by atoms with Crippen molar-refractivity contribution in [3.63, 3.8) is 0 Å². The Hall–Kier alpha value is -2.76. The number of carbonyl (C=O) groups is 1. The molecule has 0 aliphatic rings. The first-order chi connectivity index (χ1) is 10.2. The molecule has 0 atom stereocenters. The average Bonchev–Trinajstić information content (AvgIpc) is 2.95. The number of anilines is 1. The number of rotatable bonds is 6. The molecule has 0 spiro atoms. The van der Waals surface area contributed by atoms with Crippen LogP contribution >= 0.6 is 0 Å². The molecule has 0 saturated heterocycles. The Morgan fingerprint density at radius 2 is 2.24 bits per heavy atom. The molecule has 0 unspecified atom stereocenters. The van der Waals surface area contributed by atoms with Gasteiger partial charge >= 0.3 is 6.03 Å². The molecule has 2 amide bonds. The van der Waals surface area contributed by atoms with E-state index in [9.17, 15) is 4.79 Å². The summed E-state index contributed by atoms with van der Waals surface area (Å²) in [5, 5.41) is 16.8. The normalized spacial score (nSPS) is 11.2. The number of hydrogen-bond donors (Lipinski definition) is 5. The van der Waals surface area contributed by atoms with Crippen molar-refractivity contribution in [3.05, 3.63) is 42.2 Å². The maximum Gasteiger partial charge on any atom is 0.319 e. The van der Waals surface area contributed by atoms with Crippen LogP contribution in [0.1, 0.15) is 6.92 Å². The lowest BCUT2D eigenvalue weighted by atomic mass is 10.2. The van der Waals surface area contributed by atoms with E-state index in [1.807, 2.05) is 37.4 Å². The second-order valence-electron chi connectivity index (χ2n) is 4.51. The lowest BCUT2D eigenvalue weighted by Gasteiger charge is -2.08. The average molecular weight is 285 g/mol. The smallest absolute Gasteiger partial charge is 0.319 e. The van der Waals surface area contributed by atoms with Crippen LogP contribution in [0.25, 0.3) is 10.9 Å². The van der Waals surface area contributed by atoms with Gasteiger partial charge in [0.2, 0.25) is 0 Å². The minimum atomic E-state index is -0.297. The minimum absolute atomic E-state index is 0.297. The van der Waals surface area contributed by atoms with E-state index in [1.54, 1.807) is 6.20 Å². The van der Waals surface area contributed by atoms with Crippen LogP contribution in [0.4, 0.5) is 10.5 Å². The summed E-state index contributed by atoms with van der Waals surface area (Å²) < 4.78 is 0. The summed E-state index contributed by atoms with van der Waals surface area (Å²) in [7, 11) is 0. The van der Waals surface area contributed by atoms with Crippen molar-refractivity contribution >= 4 is 28.8 Å². The van der Waals surface area contributed by atoms with E-state index in [2.05, 4.69) is 20.9 Å². The van der Waals surface area contributed by atoms with Gasteiger partial charge in [0.25, 0.3) is 0 Å². The van der Waals surface area contributed by atoms with E-state index in [4.69, 9.17) is 5.41 Å². The highest BCUT2D eigenvalue weighted by molar-refractivity contribution is 5.93. The summed E-state index contributed by atoms with van der Waals surface area (Å²) in [6, 6.07) is 7.31. The molecule has 110 valence electrons. The van der Waals surface area contributed by atoms with Crippen LogP contribution in [0.15, 0.2) is 42.2 Å². The number of carbonyl (C=O) groups excluding carboxylic acids is 1. The molecular weight excluding hydrogens is 266 g/mol. The van der Waals surface area contributed by atoms with Gasteiger partial charge in [0.15, 0.2) is 0 Å². The predicted molar refractivity (Wildman–Crippen MR) is 85.9 cm³/mol. The van der Waals surface area contributed by atoms with Gasteiger partial charge in [-0.2, -0.15) is 0 Å². The van der Waals surface area contributed by atoms with Gasteiger partial charge in [-0.05, 0) is 31.2 Å². The third kappa shape index (κ3) is 4.10. The first-order valence-corrected chi connectivity index (χ1v) is 6.78. The molecular formula is C15H19N5O. The Labute approximate surface area is 123 Å². The highest BCUT2D eigenvalue weighted by atomic mass is 16.2. The van der Waals surface area contributed by atoms with Crippen molar-refractivity contribution in [2.24, 2.45) is 0 Å². The zero-order valence-electron chi connectivity index (χ0n) is 11.9. The van der Waals surface area contributed by atoms with E-state index < -0.39 is 0 Å². The Bertz CT molecular complexity index is 659. The van der Waals surface area contributed by atoms with E-state index >= 15 is 0 Å². The van der Waals surface area contributed by atoms with Gasteiger partial charge in [-0.3, -0.25) is 0 Å². The van der Waals surface area contributed by atoms with E-state index in [0.717, 1.165) is 23.1 Å². The van der Waals surface area contributed by atoms with Crippen LogP contribution in [-0.4, -0.2) is 30.3 Å². The van der Waals surface area contributed by atoms with Gasteiger partial charge in [0, 0.05) is 53.9 Å². The number of aromatic amines is 1. The van der Waals surface area contributed by atoms with Gasteiger partial charge in [-0.25, -0.2) is 4.79 Å². The molecule has 21 heavy (non-hydrogen) atoms. The van der Waals surface area contributed by atoms with Crippen LogP contribution in [0.5, 0.6) is 0 Å². The molecule has 2 aromatic rings. The number of hydrogen-bond acceptors (Lipinski definition) is 3. The molecule has 0 aliphatic heterocycles. The van der Waals surface area contributed by atoms with Crippen molar-refractivity contribution < 1.29 is 4.79 Å². The molecule has 0 saturated carbocycles. The second kappa shape index (κ2) is 7.14. The Kier molecular flexibility index (Phi) is 4.98. The van der Waals surface area contributed by atoms with Crippen LogP contribution in [0, 0.1) is 5.41 Å². The van der Waals surface area contributed by atoms with Gasteiger partial charge in [0.05, 0.1) is 0 Å². The molecule has 1 aromatic heterocycles. The van der Waals surface area contributed by atoms with E-state index in [0.29, 0.717) is 12.1 Å². The van der Waals surface area contributed by atoms with Crippen molar-refractivity contribution in [2.75, 3.05) is 18.4 Å². The standard InChI is InChI=1S/C15H19N5O/c1-2-17-9-11(8-16)10-19-15(21)20-13-3-4-14-12(7-13)5-6-18-14/h3-9,16-18H,2,10H2,1H3,(H2,19,20,21)/b11-9+,16-8?. The first-order valence-electron chi connectivity index (χ1n) is 6.78. The fraction of sp³-hybridized carbons (Fsp3) is 0.200. The van der Waals surface area contributed by atoms with Gasteiger partial charge in [-0.1, -0.05) is 0 Å². The quantitative estimate of drug-likeness (QED) is 0.527. The summed E-state index contributed by atoms with van der Waals surface area (Å²) in [6.45, 7) is 3.05. The predicted octanol–water partition coefficient (Wildman–Crippen LogP) is 2.43. The summed E-state index contributed by atoms with van der Waals surface area (Å²) in [5.74, 6) is 0. The lowest BCUT2D eigenvalue weighted by Crippen LogP contribution is -2.31. The third-order valence-electron chi connectivity index (χ3n) is 2.94. The van der Waals surface area contributed by atoms with Crippen LogP contribution < -0.4 is 16.0 Å². The molecule has 5 N–H and O–H groups in total. The molecule has 6 heteroatoms. The zero-order valence-corrected chi connectivity index (χ0v) is 11.9. The van der Waals surface area contributed by atoms with Crippen LogP contribution in [0.3, 0.4) is 0 Å². The Balaban J connectivity index is 1.90.